The third-order valence-electron chi connectivity index (χ3n) is 12.4. The van der Waals surface area contributed by atoms with E-state index < -0.39 is 59.2 Å². The molecule has 22 heteroatoms. The number of nitrogens with one attached hydrogen (secondary N) is 1. The van der Waals surface area contributed by atoms with E-state index in [0.717, 1.165) is 4.90 Å². The first-order valence-electron chi connectivity index (χ1n) is 21.8. The molecule has 0 radical (unpaired) electrons. The van der Waals surface area contributed by atoms with Crippen molar-refractivity contribution < 1.29 is 68.4 Å². The average Bonchev–Trinajstić information content (AvgIpc) is 3.51. The molecule has 3 fully saturated rings. The zero-order valence-corrected chi connectivity index (χ0v) is 37.3. The molecule has 356 valence electrons. The predicted molar refractivity (Wildman–Crippen MR) is 230 cm³/mol. The lowest BCUT2D eigenvalue weighted by molar-refractivity contribution is -0.161. The number of thioether (sulfide) groups is 1. The highest BCUT2D eigenvalue weighted by Crippen LogP contribution is 2.52. The number of ketones is 2. The van der Waals surface area contributed by atoms with Gasteiger partial charge in [-0.05, 0) is 44.1 Å². The van der Waals surface area contributed by atoms with Crippen LogP contribution in [0.3, 0.4) is 0 Å². The van der Waals surface area contributed by atoms with Crippen LogP contribution in [0.15, 0.2) is 12.2 Å². The van der Waals surface area contributed by atoms with Gasteiger partial charge in [-0.25, -0.2) is 0 Å². The first-order chi connectivity index (χ1) is 30.4. The van der Waals surface area contributed by atoms with Crippen LogP contribution in [0.1, 0.15) is 51.4 Å². The van der Waals surface area contributed by atoms with Crippen LogP contribution in [-0.2, 0) is 47.9 Å². The number of likely N-dealkylation sites (tertiary alicyclic amines) is 1. The number of aliphatic carboxylic acids is 4. The molecule has 1 saturated carbocycles. The van der Waals surface area contributed by atoms with Crippen LogP contribution in [0.4, 0.5) is 0 Å². The van der Waals surface area contributed by atoms with Crippen molar-refractivity contribution in [3.05, 3.63) is 12.2 Å². The Labute approximate surface area is 376 Å². The van der Waals surface area contributed by atoms with Crippen molar-refractivity contribution in [2.45, 2.75) is 51.4 Å². The molecule has 3 aliphatic heterocycles. The Bertz CT molecular complexity index is 1720. The van der Waals surface area contributed by atoms with E-state index in [1.165, 1.54) is 23.9 Å². The van der Waals surface area contributed by atoms with Crippen molar-refractivity contribution >= 4 is 70.8 Å². The number of unbranched alkanes of at least 4 members (excludes halogenated alkanes) is 1. The van der Waals surface area contributed by atoms with Crippen LogP contribution in [0.5, 0.6) is 0 Å². The number of hydrogen-bond donors (Lipinski definition) is 5. The van der Waals surface area contributed by atoms with Crippen LogP contribution in [0.25, 0.3) is 0 Å². The fourth-order valence-corrected chi connectivity index (χ4v) is 9.31. The largest absolute Gasteiger partial charge is 0.481 e. The summed E-state index contributed by atoms with van der Waals surface area (Å²) in [7, 11) is 0. The summed E-state index contributed by atoms with van der Waals surface area (Å²) in [5.41, 5.74) is -0.208. The molecule has 0 bridgehead atoms. The van der Waals surface area contributed by atoms with Gasteiger partial charge in [0.1, 0.15) is 5.78 Å². The first kappa shape index (κ1) is 51.9. The second-order valence-electron chi connectivity index (χ2n) is 17.4. The van der Waals surface area contributed by atoms with Crippen molar-refractivity contribution in [3.8, 4) is 0 Å². The highest BCUT2D eigenvalue weighted by molar-refractivity contribution is 7.98. The molecule has 2 saturated heterocycles. The summed E-state index contributed by atoms with van der Waals surface area (Å²) in [6, 6.07) is 0. The number of amides is 4. The van der Waals surface area contributed by atoms with E-state index in [1.807, 2.05) is 11.2 Å². The number of Topliss-reactive ketones (excluding diaryl/α,β-unsaturated/α-hetero) is 2. The fraction of sp³-hybridized carbons (Fsp3) is 0.714. The van der Waals surface area contributed by atoms with Crippen molar-refractivity contribution in [1.29, 1.82) is 0 Å². The summed E-state index contributed by atoms with van der Waals surface area (Å²) < 4.78 is 0. The summed E-state index contributed by atoms with van der Waals surface area (Å²) in [4.78, 5) is 133. The van der Waals surface area contributed by atoms with Crippen molar-refractivity contribution in [2.24, 2.45) is 23.2 Å². The molecule has 0 aromatic heterocycles. The van der Waals surface area contributed by atoms with E-state index in [0.29, 0.717) is 77.1 Å². The molecule has 3 heterocycles. The van der Waals surface area contributed by atoms with E-state index in [2.05, 4.69) is 5.32 Å². The van der Waals surface area contributed by atoms with Gasteiger partial charge in [-0.3, -0.25) is 72.4 Å². The Hall–Kier alpha value is -4.77. The number of carbonyl (C=O) groups is 10. The number of hydrogen-bond acceptors (Lipinski definition) is 15. The monoisotopic (exact) mass is 921 g/mol. The van der Waals surface area contributed by atoms with Crippen LogP contribution in [0, 0.1) is 23.2 Å². The fourth-order valence-electron chi connectivity index (χ4n) is 8.78. The number of carboxylic acid groups (broad SMARTS) is 4. The minimum Gasteiger partial charge on any atom is -0.481 e. The Kier molecular flexibility index (Phi) is 20.3. The Morgan fingerprint density at radius 3 is 1.62 bits per heavy atom. The molecule has 5 N–H and O–H groups in total. The van der Waals surface area contributed by atoms with Gasteiger partial charge in [0.25, 0.3) is 11.8 Å². The highest BCUT2D eigenvalue weighted by atomic mass is 32.2. The van der Waals surface area contributed by atoms with E-state index >= 15 is 0 Å². The molecule has 4 rings (SSSR count). The van der Waals surface area contributed by atoms with Crippen LogP contribution in [0.2, 0.25) is 0 Å². The molecule has 2 atom stereocenters. The summed E-state index contributed by atoms with van der Waals surface area (Å²) in [6.07, 6.45) is 6.36. The third-order valence-corrected chi connectivity index (χ3v) is 13.1. The molecular weight excluding hydrogens is 859 g/mol. The van der Waals surface area contributed by atoms with Gasteiger partial charge in [0.2, 0.25) is 11.8 Å². The standard InChI is InChI=1S/C42H63N7O14S/c1-64-17-7-29(40(61)43-22-32(50)18-30(41(62)63)4-2-3-8-49-34(52)5-6-35(49)53)19-33(51)31-20-42(21-31)27-48(28-42)36(54)23-44-9-11-45(24-37(55)56)13-15-47(26-39(59)60)16-14-46(12-10-44)25-38(57)58/h5-6,29-31H,2-4,7-28H2,1H3,(H,43,61)(H,55,56)(H,57,58)(H,59,60)(H,62,63)/t29-,30-/m1/s1. The van der Waals surface area contributed by atoms with Gasteiger partial charge in [-0.1, -0.05) is 6.42 Å². The van der Waals surface area contributed by atoms with Gasteiger partial charge in [0, 0.05) is 114 Å². The van der Waals surface area contributed by atoms with E-state index in [-0.39, 0.29) is 108 Å². The SMILES string of the molecule is CSCC[C@H](CC(=O)C1CC2(C1)CN(C(=O)CN1CCN(CC(=O)O)CCN(CC(=O)O)CCN(CC(=O)O)CC1)C2)C(=O)NCC(=O)C[C@@H](CCCCN1C(=O)C=CC1=O)C(=O)O. The predicted octanol–water partition coefficient (Wildman–Crippen LogP) is -1.10. The molecule has 64 heavy (non-hydrogen) atoms. The summed E-state index contributed by atoms with van der Waals surface area (Å²) in [6.45, 7) is 2.21. The number of carbonyl (C=O) groups excluding carboxylic acids is 6. The Morgan fingerprint density at radius 2 is 1.17 bits per heavy atom. The second-order valence-corrected chi connectivity index (χ2v) is 18.4. The lowest BCUT2D eigenvalue weighted by Crippen LogP contribution is -2.65. The minimum atomic E-state index is -1.16. The number of nitrogens with zero attached hydrogens (tertiary/aromatic N) is 6. The maximum Gasteiger partial charge on any atom is 0.317 e. The molecular formula is C42H63N7O14S. The summed E-state index contributed by atoms with van der Waals surface area (Å²) >= 11 is 1.52. The van der Waals surface area contributed by atoms with Crippen LogP contribution >= 0.6 is 11.8 Å². The van der Waals surface area contributed by atoms with Crippen LogP contribution < -0.4 is 5.32 Å². The third kappa shape index (κ3) is 16.7. The summed E-state index contributed by atoms with van der Waals surface area (Å²) in [5.74, 6) is -7.60. The number of rotatable bonds is 25. The quantitative estimate of drug-likeness (QED) is 0.0537. The van der Waals surface area contributed by atoms with Crippen LogP contribution in [-0.4, -0.2) is 226 Å². The van der Waals surface area contributed by atoms with Gasteiger partial charge in [0.05, 0.1) is 38.6 Å². The van der Waals surface area contributed by atoms with E-state index in [9.17, 15) is 68.4 Å². The molecule has 0 aromatic rings. The van der Waals surface area contributed by atoms with Crippen molar-refractivity contribution in [1.82, 2.24) is 34.7 Å². The minimum absolute atomic E-state index is 0.0103. The Balaban J connectivity index is 1.23. The Morgan fingerprint density at radius 1 is 0.688 bits per heavy atom. The normalized spacial score (nSPS) is 20.1. The van der Waals surface area contributed by atoms with Gasteiger partial charge in [-0.2, -0.15) is 11.8 Å². The average molecular weight is 922 g/mol. The molecule has 4 amide bonds. The van der Waals surface area contributed by atoms with Gasteiger partial charge >= 0.3 is 23.9 Å². The van der Waals surface area contributed by atoms with E-state index in [4.69, 9.17) is 0 Å². The zero-order valence-electron chi connectivity index (χ0n) is 36.5. The lowest BCUT2D eigenvalue weighted by Gasteiger charge is -2.59. The van der Waals surface area contributed by atoms with Crippen molar-refractivity contribution in [3.63, 3.8) is 0 Å². The first-order valence-corrected chi connectivity index (χ1v) is 23.2. The maximum atomic E-state index is 13.5. The number of carboxylic acids is 4. The van der Waals surface area contributed by atoms with E-state index in [1.54, 1.807) is 19.6 Å². The zero-order chi connectivity index (χ0) is 47.0. The molecule has 4 aliphatic rings. The topological polar surface area (TPSA) is 283 Å². The second kappa shape index (κ2) is 25.1. The molecule has 1 aliphatic carbocycles. The molecule has 21 nitrogen and oxygen atoms in total. The highest BCUT2D eigenvalue weighted by Gasteiger charge is 2.55. The maximum absolute atomic E-state index is 13.5. The smallest absolute Gasteiger partial charge is 0.317 e. The molecule has 0 unspecified atom stereocenters. The summed E-state index contributed by atoms with van der Waals surface area (Å²) in [5, 5.41) is 40.7. The lowest BCUT2D eigenvalue weighted by atomic mass is 9.56. The molecule has 1 spiro atoms. The number of imide groups is 1. The molecule has 0 aromatic carbocycles. The van der Waals surface area contributed by atoms with Gasteiger partial charge in [-0.15, -0.1) is 0 Å². The van der Waals surface area contributed by atoms with Crippen molar-refractivity contribution in [2.75, 3.05) is 117 Å². The van der Waals surface area contributed by atoms with Gasteiger partial charge < -0.3 is 30.6 Å². The van der Waals surface area contributed by atoms with Gasteiger partial charge in [0.15, 0.2) is 5.78 Å².